The molecule has 1 heterocycles. The fourth-order valence-electron chi connectivity index (χ4n) is 3.92. The van der Waals surface area contributed by atoms with Crippen LogP contribution < -0.4 is 15.0 Å². The summed E-state index contributed by atoms with van der Waals surface area (Å²) in [4.78, 5) is 38.6. The molecule has 4 rings (SSSR count). The molecule has 1 aliphatic heterocycles. The van der Waals surface area contributed by atoms with Crippen molar-refractivity contribution in [1.82, 2.24) is 15.8 Å². The first-order valence-corrected chi connectivity index (χ1v) is 12.3. The summed E-state index contributed by atoms with van der Waals surface area (Å²) in [6.07, 6.45) is 0.287. The molecule has 35 heavy (non-hydrogen) atoms. The van der Waals surface area contributed by atoms with E-state index in [9.17, 15) is 22.8 Å². The van der Waals surface area contributed by atoms with Crippen LogP contribution in [-0.2, 0) is 20.4 Å². The van der Waals surface area contributed by atoms with Crippen LogP contribution in [0.5, 0.6) is 0 Å². The summed E-state index contributed by atoms with van der Waals surface area (Å²) < 4.78 is 27.0. The van der Waals surface area contributed by atoms with Crippen molar-refractivity contribution in [1.29, 1.82) is 0 Å². The van der Waals surface area contributed by atoms with Gasteiger partial charge >= 0.3 is 6.03 Å². The normalized spacial score (nSPS) is 17.7. The number of hydrazine groups is 1. The maximum atomic E-state index is 13.2. The third kappa shape index (κ3) is 4.24. The molecule has 0 bridgehead atoms. The maximum absolute atomic E-state index is 13.2. The molecule has 1 fully saturated rings. The van der Waals surface area contributed by atoms with Gasteiger partial charge in [-0.05, 0) is 48.4 Å². The Morgan fingerprint density at radius 2 is 1.51 bits per heavy atom. The van der Waals surface area contributed by atoms with E-state index in [4.69, 9.17) is 0 Å². The molecule has 0 radical (unpaired) electrons. The van der Waals surface area contributed by atoms with E-state index in [0.29, 0.717) is 16.3 Å². The van der Waals surface area contributed by atoms with E-state index in [1.807, 2.05) is 0 Å². The van der Waals surface area contributed by atoms with Crippen LogP contribution in [0.3, 0.4) is 0 Å². The number of rotatable bonds is 7. The molecule has 2 N–H and O–H groups in total. The van der Waals surface area contributed by atoms with Gasteiger partial charge in [0.15, 0.2) is 0 Å². The molecule has 3 aromatic carbocycles. The van der Waals surface area contributed by atoms with Crippen LogP contribution in [0.1, 0.15) is 29.3 Å². The Hall–Kier alpha value is -4.18. The number of anilines is 1. The monoisotopic (exact) mass is 492 g/mol. The first-order valence-electron chi connectivity index (χ1n) is 10.9. The fraction of sp³-hybridized carbons (Fsp3) is 0.160. The van der Waals surface area contributed by atoms with E-state index >= 15 is 0 Å². The molecule has 4 amide bonds. The Balaban J connectivity index is 1.52. The average Bonchev–Trinajstić information content (AvgIpc) is 3.14. The number of hydrogen-bond acceptors (Lipinski definition) is 5. The molecule has 0 aromatic heterocycles. The lowest BCUT2D eigenvalue weighted by atomic mass is 9.87. The third-order valence-electron chi connectivity index (χ3n) is 6.00. The van der Waals surface area contributed by atoms with Gasteiger partial charge in [-0.15, -0.1) is 0 Å². The number of imide groups is 1. The number of carbonyl (C=O) groups is 3. The zero-order valence-electron chi connectivity index (χ0n) is 19.1. The lowest BCUT2D eigenvalue weighted by Crippen LogP contribution is -2.48. The summed E-state index contributed by atoms with van der Waals surface area (Å²) in [5, 5.41) is 3.34. The molecule has 3 aromatic rings. The quantitative estimate of drug-likeness (QED) is 0.492. The molecule has 1 aliphatic rings. The van der Waals surface area contributed by atoms with E-state index in [0.717, 1.165) is 4.31 Å². The smallest absolute Gasteiger partial charge is 0.318 e. The van der Waals surface area contributed by atoms with Gasteiger partial charge in [-0.3, -0.25) is 19.3 Å². The van der Waals surface area contributed by atoms with E-state index in [-0.39, 0.29) is 16.9 Å². The largest absolute Gasteiger partial charge is 0.344 e. The molecule has 180 valence electrons. The summed E-state index contributed by atoms with van der Waals surface area (Å²) >= 11 is 0. The zero-order valence-corrected chi connectivity index (χ0v) is 20.0. The van der Waals surface area contributed by atoms with Gasteiger partial charge in [-0.1, -0.05) is 55.5 Å². The number of carbonyl (C=O) groups excluding carboxylic acids is 3. The molecule has 0 spiro atoms. The van der Waals surface area contributed by atoms with Gasteiger partial charge in [0.05, 0.1) is 10.6 Å². The fourth-order valence-corrected chi connectivity index (χ4v) is 5.11. The second-order valence-corrected chi connectivity index (χ2v) is 9.94. The number of nitrogens with one attached hydrogen (secondary N) is 2. The van der Waals surface area contributed by atoms with Crippen molar-refractivity contribution >= 4 is 33.6 Å². The van der Waals surface area contributed by atoms with Crippen molar-refractivity contribution in [2.45, 2.75) is 23.8 Å². The molecule has 0 saturated carbocycles. The van der Waals surface area contributed by atoms with Crippen LogP contribution in [0.25, 0.3) is 0 Å². The minimum atomic E-state index is -3.85. The van der Waals surface area contributed by atoms with Crippen LogP contribution >= 0.6 is 0 Å². The summed E-state index contributed by atoms with van der Waals surface area (Å²) in [6, 6.07) is 21.9. The number of nitrogens with zero attached hydrogens (tertiary/aromatic N) is 2. The SMILES string of the molecule is CCC1(c2ccccc2)NC(=O)N(NC(=O)c2ccc(S(=O)(=O)N(C)c3ccccc3)cc2)C1=O. The van der Waals surface area contributed by atoms with Crippen LogP contribution in [0, 0.1) is 0 Å². The predicted octanol–water partition coefficient (Wildman–Crippen LogP) is 3.01. The van der Waals surface area contributed by atoms with Crippen molar-refractivity contribution in [3.63, 3.8) is 0 Å². The van der Waals surface area contributed by atoms with Crippen LogP contribution in [0.15, 0.2) is 89.8 Å². The number of hydrogen-bond donors (Lipinski definition) is 2. The molecular formula is C25H24N4O5S. The zero-order chi connectivity index (χ0) is 25.2. The number of benzene rings is 3. The highest BCUT2D eigenvalue weighted by molar-refractivity contribution is 7.92. The highest BCUT2D eigenvalue weighted by Crippen LogP contribution is 2.31. The number of para-hydroxylation sites is 1. The summed E-state index contributed by atoms with van der Waals surface area (Å²) in [5.41, 5.74) is 2.23. The summed E-state index contributed by atoms with van der Waals surface area (Å²) in [5.74, 6) is -1.33. The Labute approximate surface area is 203 Å². The Morgan fingerprint density at radius 3 is 2.09 bits per heavy atom. The highest BCUT2D eigenvalue weighted by Gasteiger charge is 2.52. The van der Waals surface area contributed by atoms with Crippen LogP contribution in [-0.4, -0.2) is 38.3 Å². The maximum Gasteiger partial charge on any atom is 0.344 e. The van der Waals surface area contributed by atoms with Crippen molar-refractivity contribution in [2.24, 2.45) is 0 Å². The van der Waals surface area contributed by atoms with Crippen molar-refractivity contribution in [3.8, 4) is 0 Å². The average molecular weight is 493 g/mol. The van der Waals surface area contributed by atoms with E-state index in [1.54, 1.807) is 67.6 Å². The van der Waals surface area contributed by atoms with Gasteiger partial charge in [-0.25, -0.2) is 13.2 Å². The van der Waals surface area contributed by atoms with Gasteiger partial charge in [0, 0.05) is 12.6 Å². The van der Waals surface area contributed by atoms with E-state index in [1.165, 1.54) is 31.3 Å². The van der Waals surface area contributed by atoms with Gasteiger partial charge in [-0.2, -0.15) is 5.01 Å². The van der Waals surface area contributed by atoms with Crippen LogP contribution in [0.2, 0.25) is 0 Å². The molecule has 0 aliphatic carbocycles. The Bertz CT molecular complexity index is 1360. The summed E-state index contributed by atoms with van der Waals surface area (Å²) in [7, 11) is -2.41. The van der Waals surface area contributed by atoms with E-state index in [2.05, 4.69) is 10.7 Å². The lowest BCUT2D eigenvalue weighted by molar-refractivity contribution is -0.133. The first kappa shape index (κ1) is 24.0. The Morgan fingerprint density at radius 1 is 0.943 bits per heavy atom. The van der Waals surface area contributed by atoms with Gasteiger partial charge < -0.3 is 5.32 Å². The molecule has 1 saturated heterocycles. The molecule has 1 unspecified atom stereocenters. The molecule has 1 atom stereocenters. The number of urea groups is 1. The highest BCUT2D eigenvalue weighted by atomic mass is 32.2. The number of sulfonamides is 1. The second-order valence-electron chi connectivity index (χ2n) is 7.97. The van der Waals surface area contributed by atoms with Crippen molar-refractivity contribution in [2.75, 3.05) is 11.4 Å². The third-order valence-corrected chi connectivity index (χ3v) is 7.80. The first-order chi connectivity index (χ1) is 16.7. The minimum Gasteiger partial charge on any atom is -0.318 e. The molecule has 9 nitrogen and oxygen atoms in total. The second kappa shape index (κ2) is 9.22. The van der Waals surface area contributed by atoms with Gasteiger partial charge in [0.2, 0.25) is 0 Å². The molecular weight excluding hydrogens is 468 g/mol. The topological polar surface area (TPSA) is 116 Å². The molecule has 10 heteroatoms. The lowest BCUT2D eigenvalue weighted by Gasteiger charge is -2.25. The standard InChI is InChI=1S/C25H24N4O5S/c1-3-25(19-10-6-4-7-11-19)23(31)29(24(32)26-25)27-22(30)18-14-16-21(17-15-18)35(33,34)28(2)20-12-8-5-9-13-20/h4-17H,3H2,1-2H3,(H,26,32)(H,27,30). The van der Waals surface area contributed by atoms with E-state index < -0.39 is 33.4 Å². The predicted molar refractivity (Wildman–Crippen MR) is 130 cm³/mol. The van der Waals surface area contributed by atoms with Gasteiger partial charge in [0.1, 0.15) is 5.54 Å². The van der Waals surface area contributed by atoms with Crippen LogP contribution in [0.4, 0.5) is 10.5 Å². The Kier molecular flexibility index (Phi) is 6.31. The number of amides is 4. The van der Waals surface area contributed by atoms with Gasteiger partial charge in [0.25, 0.3) is 21.8 Å². The van der Waals surface area contributed by atoms with Crippen molar-refractivity contribution in [3.05, 3.63) is 96.1 Å². The summed E-state index contributed by atoms with van der Waals surface area (Å²) in [6.45, 7) is 1.77. The van der Waals surface area contributed by atoms with Crippen molar-refractivity contribution < 1.29 is 22.8 Å². The minimum absolute atomic E-state index is 0.00975.